The van der Waals surface area contributed by atoms with Crippen LogP contribution in [0.1, 0.15) is 15.9 Å². The van der Waals surface area contributed by atoms with E-state index in [1.807, 2.05) is 0 Å². The van der Waals surface area contributed by atoms with E-state index in [4.69, 9.17) is 11.6 Å². The summed E-state index contributed by atoms with van der Waals surface area (Å²) >= 11 is 5.59. The third kappa shape index (κ3) is 1.57. The van der Waals surface area contributed by atoms with Crippen molar-refractivity contribution in [2.45, 2.75) is 6.92 Å². The molecule has 58 valence electrons. The molecule has 3 heteroatoms. The molecule has 0 amide bonds. The highest BCUT2D eigenvalue weighted by atomic mass is 35.5. The van der Waals surface area contributed by atoms with E-state index in [0.717, 1.165) is 6.07 Å². The third-order valence-corrected chi connectivity index (χ3v) is 1.81. The molecule has 0 unspecified atom stereocenters. The van der Waals surface area contributed by atoms with Gasteiger partial charge in [-0.2, -0.15) is 0 Å². The lowest BCUT2D eigenvalue weighted by atomic mass is 10.1. The first-order chi connectivity index (χ1) is 5.15. The van der Waals surface area contributed by atoms with E-state index in [1.54, 1.807) is 6.92 Å². The summed E-state index contributed by atoms with van der Waals surface area (Å²) in [6.07, 6.45) is 0.471. The molecule has 1 aromatic rings. The van der Waals surface area contributed by atoms with E-state index < -0.39 is 5.82 Å². The van der Waals surface area contributed by atoms with Gasteiger partial charge in [0.1, 0.15) is 5.82 Å². The van der Waals surface area contributed by atoms with Gasteiger partial charge in [-0.3, -0.25) is 4.79 Å². The van der Waals surface area contributed by atoms with Crippen molar-refractivity contribution < 1.29 is 9.18 Å². The van der Waals surface area contributed by atoms with Crippen LogP contribution in [0.5, 0.6) is 0 Å². The first-order valence-electron chi connectivity index (χ1n) is 3.06. The molecule has 0 fully saturated rings. The number of aryl methyl sites for hydroxylation is 1. The van der Waals surface area contributed by atoms with Gasteiger partial charge in [-0.05, 0) is 24.6 Å². The summed E-state index contributed by atoms with van der Waals surface area (Å²) in [5.74, 6) is -0.574. The minimum Gasteiger partial charge on any atom is -0.298 e. The molecule has 11 heavy (non-hydrogen) atoms. The van der Waals surface area contributed by atoms with Gasteiger partial charge in [0.05, 0.1) is 5.56 Å². The second-order valence-corrected chi connectivity index (χ2v) is 2.65. The minimum absolute atomic E-state index is 0.0481. The van der Waals surface area contributed by atoms with Gasteiger partial charge in [-0.1, -0.05) is 11.6 Å². The summed E-state index contributed by atoms with van der Waals surface area (Å²) in [7, 11) is 0. The van der Waals surface area contributed by atoms with Crippen LogP contribution in [-0.2, 0) is 0 Å². The van der Waals surface area contributed by atoms with Crippen molar-refractivity contribution in [3.8, 4) is 0 Å². The SMILES string of the molecule is Cc1cc(C=O)c(F)cc1Cl. The molecule has 1 aromatic carbocycles. The molecule has 0 N–H and O–H groups in total. The highest BCUT2D eigenvalue weighted by Crippen LogP contribution is 2.18. The van der Waals surface area contributed by atoms with Crippen LogP contribution >= 0.6 is 11.6 Å². The number of hydrogen-bond acceptors (Lipinski definition) is 1. The zero-order chi connectivity index (χ0) is 8.43. The van der Waals surface area contributed by atoms with Crippen molar-refractivity contribution >= 4 is 17.9 Å². The highest BCUT2D eigenvalue weighted by Gasteiger charge is 2.03. The molecule has 1 nitrogen and oxygen atoms in total. The van der Waals surface area contributed by atoms with Crippen LogP contribution in [0.2, 0.25) is 5.02 Å². The average Bonchev–Trinajstić information content (AvgIpc) is 1.97. The molecule has 1 rings (SSSR count). The van der Waals surface area contributed by atoms with E-state index in [0.29, 0.717) is 16.9 Å². The number of benzene rings is 1. The predicted octanol–water partition coefficient (Wildman–Crippen LogP) is 2.60. The van der Waals surface area contributed by atoms with Gasteiger partial charge < -0.3 is 0 Å². The Bertz CT molecular complexity index is 296. The lowest BCUT2D eigenvalue weighted by molar-refractivity contribution is 0.112. The molecule has 0 radical (unpaired) electrons. The van der Waals surface area contributed by atoms with Gasteiger partial charge in [-0.25, -0.2) is 4.39 Å². The standard InChI is InChI=1S/C8H6ClFO/c1-5-2-6(4-11)8(10)3-7(5)9/h2-4H,1H3. The maximum Gasteiger partial charge on any atom is 0.153 e. The fraction of sp³-hybridized carbons (Fsp3) is 0.125. The molecule has 0 atom stereocenters. The highest BCUT2D eigenvalue weighted by molar-refractivity contribution is 6.31. The summed E-state index contributed by atoms with van der Waals surface area (Å²) in [6.45, 7) is 1.72. The lowest BCUT2D eigenvalue weighted by Gasteiger charge is -1.98. The zero-order valence-corrected chi connectivity index (χ0v) is 6.65. The maximum atomic E-state index is 12.7. The molecule has 0 aliphatic rings. The number of carbonyl (C=O) groups excluding carboxylic acids is 1. The fourth-order valence-electron chi connectivity index (χ4n) is 0.770. The Labute approximate surface area is 68.8 Å². The van der Waals surface area contributed by atoms with Crippen LogP contribution in [-0.4, -0.2) is 6.29 Å². The van der Waals surface area contributed by atoms with Crippen molar-refractivity contribution in [2.24, 2.45) is 0 Å². The van der Waals surface area contributed by atoms with E-state index in [2.05, 4.69) is 0 Å². The Balaban J connectivity index is 3.31. The number of halogens is 2. The average molecular weight is 173 g/mol. The normalized spacial score (nSPS) is 9.73. The summed E-state index contributed by atoms with van der Waals surface area (Å²) in [6, 6.07) is 2.56. The first kappa shape index (κ1) is 8.21. The van der Waals surface area contributed by atoms with Crippen LogP contribution < -0.4 is 0 Å². The summed E-state index contributed by atoms with van der Waals surface area (Å²) in [5.41, 5.74) is 0.752. The van der Waals surface area contributed by atoms with Gasteiger partial charge in [0.15, 0.2) is 6.29 Å². The molecular weight excluding hydrogens is 167 g/mol. The van der Waals surface area contributed by atoms with Crippen molar-refractivity contribution in [1.82, 2.24) is 0 Å². The van der Waals surface area contributed by atoms with Crippen molar-refractivity contribution in [3.63, 3.8) is 0 Å². The van der Waals surface area contributed by atoms with Crippen LogP contribution in [0.3, 0.4) is 0 Å². The Hall–Kier alpha value is -0.890. The molecule has 0 bridgehead atoms. The molecule has 0 saturated carbocycles. The van der Waals surface area contributed by atoms with Crippen LogP contribution in [0.15, 0.2) is 12.1 Å². The Morgan fingerprint density at radius 3 is 2.73 bits per heavy atom. The number of rotatable bonds is 1. The maximum absolute atomic E-state index is 12.7. The zero-order valence-electron chi connectivity index (χ0n) is 5.90. The topological polar surface area (TPSA) is 17.1 Å². The van der Waals surface area contributed by atoms with Gasteiger partial charge >= 0.3 is 0 Å². The molecule has 0 aromatic heterocycles. The third-order valence-electron chi connectivity index (χ3n) is 1.40. The molecule has 0 saturated heterocycles. The Morgan fingerprint density at radius 2 is 2.18 bits per heavy atom. The fourth-order valence-corrected chi connectivity index (χ4v) is 0.920. The van der Waals surface area contributed by atoms with Crippen molar-refractivity contribution in [2.75, 3.05) is 0 Å². The van der Waals surface area contributed by atoms with E-state index in [1.165, 1.54) is 6.07 Å². The second kappa shape index (κ2) is 3.01. The lowest BCUT2D eigenvalue weighted by Crippen LogP contribution is -1.88. The van der Waals surface area contributed by atoms with Gasteiger partial charge in [0, 0.05) is 5.02 Å². The first-order valence-corrected chi connectivity index (χ1v) is 3.44. The molecule has 0 heterocycles. The van der Waals surface area contributed by atoms with Crippen LogP contribution in [0.25, 0.3) is 0 Å². The molecule has 0 aliphatic heterocycles. The number of hydrogen-bond donors (Lipinski definition) is 0. The second-order valence-electron chi connectivity index (χ2n) is 2.24. The molecule has 0 spiro atoms. The summed E-state index contributed by atoms with van der Waals surface area (Å²) in [5, 5.41) is 0.341. The number of carbonyl (C=O) groups is 1. The van der Waals surface area contributed by atoms with E-state index in [-0.39, 0.29) is 5.56 Å². The van der Waals surface area contributed by atoms with E-state index in [9.17, 15) is 9.18 Å². The molecule has 0 aliphatic carbocycles. The summed E-state index contributed by atoms with van der Waals surface area (Å²) < 4.78 is 12.7. The van der Waals surface area contributed by atoms with Gasteiger partial charge in [-0.15, -0.1) is 0 Å². The monoisotopic (exact) mass is 172 g/mol. The predicted molar refractivity (Wildman–Crippen MR) is 41.5 cm³/mol. The largest absolute Gasteiger partial charge is 0.298 e. The van der Waals surface area contributed by atoms with Gasteiger partial charge in [0.2, 0.25) is 0 Å². The van der Waals surface area contributed by atoms with E-state index >= 15 is 0 Å². The van der Waals surface area contributed by atoms with Crippen molar-refractivity contribution in [3.05, 3.63) is 34.1 Å². The van der Waals surface area contributed by atoms with Gasteiger partial charge in [0.25, 0.3) is 0 Å². The summed E-state index contributed by atoms with van der Waals surface area (Å²) in [4.78, 5) is 10.2. The van der Waals surface area contributed by atoms with Crippen molar-refractivity contribution in [1.29, 1.82) is 0 Å². The quantitative estimate of drug-likeness (QED) is 0.595. The van der Waals surface area contributed by atoms with Crippen LogP contribution in [0, 0.1) is 12.7 Å². The Kier molecular flexibility index (Phi) is 2.25. The smallest absolute Gasteiger partial charge is 0.153 e. The Morgan fingerprint density at radius 1 is 1.55 bits per heavy atom. The van der Waals surface area contributed by atoms with Crippen LogP contribution in [0.4, 0.5) is 4.39 Å². The number of aldehydes is 1. The minimum atomic E-state index is -0.574. The molecular formula is C8H6ClFO.